The van der Waals surface area contributed by atoms with Crippen molar-refractivity contribution in [2.24, 2.45) is 0 Å². The minimum Gasteiger partial charge on any atom is -0.497 e. The molecular formula is C27H22BrClF3N5O3S. The Bertz CT molecular complexity index is 1530. The third-order valence-electron chi connectivity index (χ3n) is 5.65. The van der Waals surface area contributed by atoms with E-state index < -0.39 is 17.6 Å². The number of halogens is 5. The van der Waals surface area contributed by atoms with Crippen LogP contribution in [-0.4, -0.2) is 39.4 Å². The molecule has 41 heavy (non-hydrogen) atoms. The van der Waals surface area contributed by atoms with Crippen LogP contribution < -0.4 is 15.4 Å². The van der Waals surface area contributed by atoms with Crippen molar-refractivity contribution in [3.8, 4) is 11.4 Å². The van der Waals surface area contributed by atoms with Crippen molar-refractivity contribution in [3.63, 3.8) is 0 Å². The summed E-state index contributed by atoms with van der Waals surface area (Å²) in [5.41, 5.74) is 0.405. The van der Waals surface area contributed by atoms with E-state index in [1.54, 1.807) is 35.9 Å². The first-order chi connectivity index (χ1) is 19.5. The van der Waals surface area contributed by atoms with Gasteiger partial charge in [-0.1, -0.05) is 51.4 Å². The van der Waals surface area contributed by atoms with E-state index in [1.807, 2.05) is 24.3 Å². The summed E-state index contributed by atoms with van der Waals surface area (Å²) in [5, 5.41) is 14.0. The molecule has 0 aliphatic heterocycles. The number of carbonyl (C=O) groups is 2. The van der Waals surface area contributed by atoms with E-state index in [9.17, 15) is 22.8 Å². The summed E-state index contributed by atoms with van der Waals surface area (Å²) in [6, 6.07) is 17.1. The molecule has 0 radical (unpaired) electrons. The van der Waals surface area contributed by atoms with Gasteiger partial charge in [0.15, 0.2) is 11.0 Å². The fourth-order valence-corrected chi connectivity index (χ4v) is 4.84. The molecule has 0 atom stereocenters. The highest BCUT2D eigenvalue weighted by molar-refractivity contribution is 9.10. The average molecular weight is 669 g/mol. The zero-order chi connectivity index (χ0) is 29.6. The molecule has 4 aromatic rings. The molecule has 0 aliphatic carbocycles. The van der Waals surface area contributed by atoms with Crippen molar-refractivity contribution in [1.29, 1.82) is 0 Å². The van der Waals surface area contributed by atoms with Crippen molar-refractivity contribution in [3.05, 3.63) is 93.2 Å². The molecule has 4 rings (SSSR count). The number of amides is 2. The van der Waals surface area contributed by atoms with Crippen molar-refractivity contribution < 1.29 is 27.5 Å². The van der Waals surface area contributed by atoms with Crippen LogP contribution in [0.1, 0.15) is 17.0 Å². The number of methoxy groups -OCH3 is 1. The van der Waals surface area contributed by atoms with E-state index in [2.05, 4.69) is 36.8 Å². The molecule has 0 spiro atoms. The van der Waals surface area contributed by atoms with Crippen LogP contribution in [0.3, 0.4) is 0 Å². The molecule has 2 amide bonds. The van der Waals surface area contributed by atoms with Crippen molar-refractivity contribution >= 4 is 56.8 Å². The Morgan fingerprint density at radius 3 is 2.39 bits per heavy atom. The number of carbonyl (C=O) groups excluding carboxylic acids is 2. The number of aromatic nitrogens is 3. The standard InChI is InChI=1S/C27H22BrClF3N5O3S/c1-40-20-9-2-16(3-10-20)12-24(38)33-14-23-35-36-26(37(23)19-7-5-18(28)6-8-19)41-15-25(39)34-22-13-17(27(30,31)32)4-11-21(22)29/h2-11,13H,12,14-15H2,1H3,(H,33,38)(H,34,39). The minimum atomic E-state index is -4.58. The highest BCUT2D eigenvalue weighted by Gasteiger charge is 2.31. The van der Waals surface area contributed by atoms with Gasteiger partial charge in [0.25, 0.3) is 0 Å². The molecule has 14 heteroatoms. The summed E-state index contributed by atoms with van der Waals surface area (Å²) in [6.07, 6.45) is -4.43. The topological polar surface area (TPSA) is 98.1 Å². The Morgan fingerprint density at radius 1 is 1.02 bits per heavy atom. The lowest BCUT2D eigenvalue weighted by Gasteiger charge is -2.13. The lowest BCUT2D eigenvalue weighted by molar-refractivity contribution is -0.137. The van der Waals surface area contributed by atoms with Gasteiger partial charge in [0, 0.05) is 10.2 Å². The van der Waals surface area contributed by atoms with E-state index in [0.717, 1.165) is 40.0 Å². The molecule has 0 saturated heterocycles. The number of ether oxygens (including phenoxy) is 1. The van der Waals surface area contributed by atoms with Crippen LogP contribution in [0.25, 0.3) is 5.69 Å². The van der Waals surface area contributed by atoms with Gasteiger partial charge in [-0.3, -0.25) is 14.2 Å². The Hall–Kier alpha value is -3.55. The first-order valence-corrected chi connectivity index (χ1v) is 14.1. The molecule has 0 saturated carbocycles. The third-order valence-corrected chi connectivity index (χ3v) is 7.44. The number of anilines is 1. The van der Waals surface area contributed by atoms with Gasteiger partial charge in [0.2, 0.25) is 11.8 Å². The summed E-state index contributed by atoms with van der Waals surface area (Å²) < 4.78 is 46.9. The quantitative estimate of drug-likeness (QED) is 0.193. The van der Waals surface area contributed by atoms with Crippen LogP contribution in [0.2, 0.25) is 5.02 Å². The molecule has 3 aromatic carbocycles. The average Bonchev–Trinajstić information content (AvgIpc) is 3.35. The number of nitrogens with zero attached hydrogens (tertiary/aromatic N) is 3. The molecule has 214 valence electrons. The molecule has 0 fully saturated rings. The number of hydrogen-bond donors (Lipinski definition) is 2. The Balaban J connectivity index is 1.46. The van der Waals surface area contributed by atoms with E-state index >= 15 is 0 Å². The molecule has 8 nitrogen and oxygen atoms in total. The van der Waals surface area contributed by atoms with Gasteiger partial charge < -0.3 is 15.4 Å². The number of benzene rings is 3. The molecular weight excluding hydrogens is 647 g/mol. The largest absolute Gasteiger partial charge is 0.497 e. The first-order valence-electron chi connectivity index (χ1n) is 11.9. The normalized spacial score (nSPS) is 11.3. The van der Waals surface area contributed by atoms with Gasteiger partial charge in [-0.25, -0.2) is 0 Å². The predicted octanol–water partition coefficient (Wildman–Crippen LogP) is 6.30. The van der Waals surface area contributed by atoms with Crippen LogP contribution in [0, 0.1) is 0 Å². The smallest absolute Gasteiger partial charge is 0.416 e. The van der Waals surface area contributed by atoms with Gasteiger partial charge in [-0.2, -0.15) is 13.2 Å². The van der Waals surface area contributed by atoms with Gasteiger partial charge >= 0.3 is 6.18 Å². The lowest BCUT2D eigenvalue weighted by atomic mass is 10.1. The second kappa shape index (κ2) is 13.4. The van der Waals surface area contributed by atoms with Crippen LogP contribution in [0.4, 0.5) is 18.9 Å². The minimum absolute atomic E-state index is 0.0259. The zero-order valence-corrected chi connectivity index (χ0v) is 24.5. The van der Waals surface area contributed by atoms with E-state index in [1.165, 1.54) is 0 Å². The molecule has 0 bridgehead atoms. The van der Waals surface area contributed by atoms with E-state index in [4.69, 9.17) is 16.3 Å². The second-order valence-corrected chi connectivity index (χ2v) is 10.8. The van der Waals surface area contributed by atoms with E-state index in [-0.39, 0.29) is 35.3 Å². The highest BCUT2D eigenvalue weighted by atomic mass is 79.9. The first kappa shape index (κ1) is 30.4. The maximum atomic E-state index is 13.1. The fourth-order valence-electron chi connectivity index (χ4n) is 3.64. The van der Waals surface area contributed by atoms with Crippen LogP contribution in [0.15, 0.2) is 76.4 Å². The van der Waals surface area contributed by atoms with Gasteiger partial charge in [-0.05, 0) is 60.2 Å². The van der Waals surface area contributed by atoms with Crippen molar-refractivity contribution in [2.75, 3.05) is 18.2 Å². The van der Waals surface area contributed by atoms with Gasteiger partial charge in [-0.15, -0.1) is 10.2 Å². The lowest BCUT2D eigenvalue weighted by Crippen LogP contribution is -2.26. The van der Waals surface area contributed by atoms with Gasteiger partial charge in [0.05, 0.1) is 42.1 Å². The summed E-state index contributed by atoms with van der Waals surface area (Å²) in [4.78, 5) is 25.2. The second-order valence-electron chi connectivity index (χ2n) is 8.54. The van der Waals surface area contributed by atoms with Crippen LogP contribution in [0.5, 0.6) is 5.75 Å². The van der Waals surface area contributed by atoms with Crippen molar-refractivity contribution in [2.45, 2.75) is 24.3 Å². The molecule has 1 heterocycles. The Morgan fingerprint density at radius 2 is 1.73 bits per heavy atom. The number of nitrogens with one attached hydrogen (secondary N) is 2. The summed E-state index contributed by atoms with van der Waals surface area (Å²) in [5.74, 6) is 0.0982. The van der Waals surface area contributed by atoms with Crippen molar-refractivity contribution in [1.82, 2.24) is 20.1 Å². The number of thioether (sulfide) groups is 1. The summed E-state index contributed by atoms with van der Waals surface area (Å²) >= 11 is 10.4. The number of alkyl halides is 3. The summed E-state index contributed by atoms with van der Waals surface area (Å²) in [7, 11) is 1.56. The fraction of sp³-hybridized carbons (Fsp3) is 0.185. The van der Waals surface area contributed by atoms with Crippen LogP contribution >= 0.6 is 39.3 Å². The maximum absolute atomic E-state index is 13.1. The molecule has 2 N–H and O–H groups in total. The zero-order valence-electron chi connectivity index (χ0n) is 21.3. The van der Waals surface area contributed by atoms with E-state index in [0.29, 0.717) is 22.4 Å². The number of rotatable bonds is 10. The van der Waals surface area contributed by atoms with Gasteiger partial charge in [0.1, 0.15) is 5.75 Å². The maximum Gasteiger partial charge on any atom is 0.416 e. The Labute approximate surface area is 250 Å². The predicted molar refractivity (Wildman–Crippen MR) is 153 cm³/mol. The molecule has 1 aromatic heterocycles. The SMILES string of the molecule is COc1ccc(CC(=O)NCc2nnc(SCC(=O)Nc3cc(C(F)(F)F)ccc3Cl)n2-c2ccc(Br)cc2)cc1. The summed E-state index contributed by atoms with van der Waals surface area (Å²) in [6.45, 7) is 0.0602. The third kappa shape index (κ3) is 8.24. The number of hydrogen-bond acceptors (Lipinski definition) is 6. The molecule has 0 aliphatic rings. The Kier molecular flexibility index (Phi) is 9.94. The highest BCUT2D eigenvalue weighted by Crippen LogP contribution is 2.34. The molecule has 0 unspecified atom stereocenters. The monoisotopic (exact) mass is 667 g/mol. The van der Waals surface area contributed by atoms with Crippen LogP contribution in [-0.2, 0) is 28.7 Å².